The Labute approximate surface area is 167 Å². The van der Waals surface area contributed by atoms with E-state index in [1.165, 1.54) is 0 Å². The van der Waals surface area contributed by atoms with E-state index in [1.807, 2.05) is 42.6 Å². The number of nitrogens with zero attached hydrogens (tertiary/aromatic N) is 3. The van der Waals surface area contributed by atoms with Gasteiger partial charge in [-0.2, -0.15) is 5.26 Å². The second kappa shape index (κ2) is 8.55. The lowest BCUT2D eigenvalue weighted by Crippen LogP contribution is -2.49. The SMILES string of the molecule is CCN(C)C=Nc1cc(C)c(C2(OCc3ccccc3C#N)COC2)cc1C. The van der Waals surface area contributed by atoms with Crippen molar-refractivity contribution in [2.45, 2.75) is 33.0 Å². The van der Waals surface area contributed by atoms with Crippen LogP contribution in [0.5, 0.6) is 0 Å². The monoisotopic (exact) mass is 377 g/mol. The highest BCUT2D eigenvalue weighted by atomic mass is 16.6. The highest BCUT2D eigenvalue weighted by molar-refractivity contribution is 5.64. The van der Waals surface area contributed by atoms with E-state index in [1.54, 1.807) is 0 Å². The van der Waals surface area contributed by atoms with Crippen LogP contribution in [0.1, 0.15) is 34.7 Å². The molecule has 1 saturated heterocycles. The minimum absolute atomic E-state index is 0.382. The summed E-state index contributed by atoms with van der Waals surface area (Å²) in [6.45, 7) is 8.58. The number of benzene rings is 2. The number of rotatable bonds is 7. The van der Waals surface area contributed by atoms with Gasteiger partial charge in [-0.05, 0) is 55.2 Å². The molecule has 0 aromatic heterocycles. The largest absolute Gasteiger partial charge is 0.375 e. The molecule has 0 spiro atoms. The van der Waals surface area contributed by atoms with Gasteiger partial charge in [0.2, 0.25) is 0 Å². The molecule has 5 nitrogen and oxygen atoms in total. The van der Waals surface area contributed by atoms with Gasteiger partial charge in [-0.15, -0.1) is 0 Å². The van der Waals surface area contributed by atoms with Crippen LogP contribution in [-0.2, 0) is 21.7 Å². The fraction of sp³-hybridized carbons (Fsp3) is 0.391. The Morgan fingerprint density at radius 1 is 1.25 bits per heavy atom. The number of aliphatic imine (C=N–C) groups is 1. The first-order valence-corrected chi connectivity index (χ1v) is 9.55. The maximum atomic E-state index is 9.31. The number of ether oxygens (including phenoxy) is 2. The molecule has 1 aliphatic heterocycles. The van der Waals surface area contributed by atoms with Gasteiger partial charge in [0, 0.05) is 13.6 Å². The van der Waals surface area contributed by atoms with Crippen molar-refractivity contribution in [1.82, 2.24) is 4.90 Å². The van der Waals surface area contributed by atoms with Crippen molar-refractivity contribution < 1.29 is 9.47 Å². The summed E-state index contributed by atoms with van der Waals surface area (Å²) < 4.78 is 11.9. The van der Waals surface area contributed by atoms with Crippen LogP contribution in [0.3, 0.4) is 0 Å². The van der Waals surface area contributed by atoms with E-state index < -0.39 is 5.60 Å². The summed E-state index contributed by atoms with van der Waals surface area (Å²) in [5, 5.41) is 9.31. The number of nitriles is 1. The average Bonchev–Trinajstić information content (AvgIpc) is 2.68. The Kier molecular flexibility index (Phi) is 6.13. The lowest BCUT2D eigenvalue weighted by Gasteiger charge is -2.42. The van der Waals surface area contributed by atoms with Crippen LogP contribution in [0.2, 0.25) is 0 Å². The fourth-order valence-electron chi connectivity index (χ4n) is 3.25. The Balaban J connectivity index is 1.85. The van der Waals surface area contributed by atoms with Crippen molar-refractivity contribution in [1.29, 1.82) is 5.26 Å². The zero-order valence-electron chi connectivity index (χ0n) is 17.0. The first-order chi connectivity index (χ1) is 13.5. The smallest absolute Gasteiger partial charge is 0.140 e. The van der Waals surface area contributed by atoms with E-state index >= 15 is 0 Å². The van der Waals surface area contributed by atoms with Gasteiger partial charge >= 0.3 is 0 Å². The second-order valence-corrected chi connectivity index (χ2v) is 7.32. The maximum absolute atomic E-state index is 9.31. The molecule has 0 bridgehead atoms. The van der Waals surface area contributed by atoms with Crippen molar-refractivity contribution >= 4 is 12.0 Å². The van der Waals surface area contributed by atoms with Gasteiger partial charge in [-0.3, -0.25) is 0 Å². The van der Waals surface area contributed by atoms with Gasteiger partial charge in [0.15, 0.2) is 0 Å². The molecule has 2 aromatic rings. The topological polar surface area (TPSA) is 57.8 Å². The molecule has 1 fully saturated rings. The molecule has 28 heavy (non-hydrogen) atoms. The Morgan fingerprint density at radius 2 is 2.00 bits per heavy atom. The first-order valence-electron chi connectivity index (χ1n) is 9.55. The first kappa shape index (κ1) is 20.1. The number of hydrogen-bond acceptors (Lipinski definition) is 4. The van der Waals surface area contributed by atoms with Crippen LogP contribution < -0.4 is 0 Å². The molecule has 0 radical (unpaired) electrons. The molecule has 0 aliphatic carbocycles. The van der Waals surface area contributed by atoms with Crippen molar-refractivity contribution in [3.8, 4) is 6.07 Å². The molecule has 0 saturated carbocycles. The highest BCUT2D eigenvalue weighted by Crippen LogP contribution is 2.39. The summed E-state index contributed by atoms with van der Waals surface area (Å²) in [4.78, 5) is 6.65. The molecule has 2 aromatic carbocycles. The zero-order chi connectivity index (χ0) is 20.1. The minimum atomic E-state index is -0.472. The molecule has 0 unspecified atom stereocenters. The molecule has 0 atom stereocenters. The standard InChI is InChI=1S/C23H27N3O2/c1-5-26(4)16-25-22-11-17(2)21(10-18(22)3)23(14-27-15-23)28-13-20-9-7-6-8-19(20)12-24/h6-11,16H,5,13-15H2,1-4H3. The Bertz CT molecular complexity index is 911. The maximum Gasteiger partial charge on any atom is 0.140 e. The van der Waals surface area contributed by atoms with Crippen LogP contribution in [0.15, 0.2) is 41.4 Å². The van der Waals surface area contributed by atoms with Gasteiger partial charge in [0.25, 0.3) is 0 Å². The summed E-state index contributed by atoms with van der Waals surface area (Å²) in [5.74, 6) is 0. The third-order valence-electron chi connectivity index (χ3n) is 5.24. The zero-order valence-corrected chi connectivity index (χ0v) is 17.0. The van der Waals surface area contributed by atoms with Gasteiger partial charge in [-0.25, -0.2) is 4.99 Å². The van der Waals surface area contributed by atoms with E-state index in [2.05, 4.69) is 44.0 Å². The Hall–Kier alpha value is -2.68. The second-order valence-electron chi connectivity index (χ2n) is 7.32. The number of hydrogen-bond donors (Lipinski definition) is 0. The quantitative estimate of drug-likeness (QED) is 0.535. The third kappa shape index (κ3) is 4.09. The predicted molar refractivity (Wildman–Crippen MR) is 111 cm³/mol. The number of aryl methyl sites for hydroxylation is 2. The molecule has 3 rings (SSSR count). The predicted octanol–water partition coefficient (Wildman–Crippen LogP) is 4.23. The average molecular weight is 377 g/mol. The minimum Gasteiger partial charge on any atom is -0.375 e. The van der Waals surface area contributed by atoms with Crippen molar-refractivity contribution in [3.63, 3.8) is 0 Å². The molecule has 1 aliphatic rings. The summed E-state index contributed by atoms with van der Waals surface area (Å²) in [7, 11) is 2.01. The summed E-state index contributed by atoms with van der Waals surface area (Å²) in [6.07, 6.45) is 1.86. The van der Waals surface area contributed by atoms with Gasteiger partial charge in [-0.1, -0.05) is 24.3 Å². The van der Waals surface area contributed by atoms with Gasteiger partial charge in [0.1, 0.15) is 5.60 Å². The molecule has 0 N–H and O–H groups in total. The van der Waals surface area contributed by atoms with E-state index in [4.69, 9.17) is 9.47 Å². The molecular formula is C23H27N3O2. The van der Waals surface area contributed by atoms with E-state index in [0.29, 0.717) is 25.4 Å². The lowest BCUT2D eigenvalue weighted by molar-refractivity contribution is -0.223. The normalized spacial score (nSPS) is 15.2. The van der Waals surface area contributed by atoms with Crippen LogP contribution in [0, 0.1) is 25.2 Å². The van der Waals surface area contributed by atoms with Gasteiger partial charge in [0.05, 0.1) is 43.5 Å². The van der Waals surface area contributed by atoms with E-state index in [9.17, 15) is 5.26 Å². The fourth-order valence-corrected chi connectivity index (χ4v) is 3.25. The van der Waals surface area contributed by atoms with Crippen LogP contribution in [-0.4, -0.2) is 38.0 Å². The third-order valence-corrected chi connectivity index (χ3v) is 5.24. The van der Waals surface area contributed by atoms with Crippen molar-refractivity contribution in [2.75, 3.05) is 26.8 Å². The summed E-state index contributed by atoms with van der Waals surface area (Å²) in [6, 6.07) is 14.1. The van der Waals surface area contributed by atoms with E-state index in [-0.39, 0.29) is 0 Å². The summed E-state index contributed by atoms with van der Waals surface area (Å²) in [5.41, 5.74) is 5.41. The lowest BCUT2D eigenvalue weighted by atomic mass is 9.86. The molecule has 146 valence electrons. The van der Waals surface area contributed by atoms with Crippen LogP contribution in [0.4, 0.5) is 5.69 Å². The molecule has 5 heteroatoms. The Morgan fingerprint density at radius 3 is 2.64 bits per heavy atom. The van der Waals surface area contributed by atoms with Crippen LogP contribution in [0.25, 0.3) is 0 Å². The van der Waals surface area contributed by atoms with Crippen molar-refractivity contribution in [2.24, 2.45) is 4.99 Å². The molecular weight excluding hydrogens is 350 g/mol. The van der Waals surface area contributed by atoms with Crippen LogP contribution >= 0.6 is 0 Å². The molecule has 0 amide bonds. The van der Waals surface area contributed by atoms with E-state index in [0.717, 1.165) is 34.5 Å². The van der Waals surface area contributed by atoms with Crippen molar-refractivity contribution in [3.05, 3.63) is 64.2 Å². The van der Waals surface area contributed by atoms with Gasteiger partial charge < -0.3 is 14.4 Å². The summed E-state index contributed by atoms with van der Waals surface area (Å²) >= 11 is 0. The highest BCUT2D eigenvalue weighted by Gasteiger charge is 2.43. The molecule has 1 heterocycles.